The number of halogens is 2. The summed E-state index contributed by atoms with van der Waals surface area (Å²) in [6.07, 6.45) is 2.14. The van der Waals surface area contributed by atoms with Gasteiger partial charge in [0.1, 0.15) is 5.75 Å². The second-order valence-corrected chi connectivity index (χ2v) is 3.49. The number of benzene rings is 1. The van der Waals surface area contributed by atoms with Gasteiger partial charge in [-0.3, -0.25) is 0 Å². The Balaban J connectivity index is 3.24. The van der Waals surface area contributed by atoms with Gasteiger partial charge in [0.25, 0.3) is 0 Å². The highest BCUT2D eigenvalue weighted by molar-refractivity contribution is 5.86. The number of alkyl halides is 2. The third kappa shape index (κ3) is 3.55. The van der Waals surface area contributed by atoms with Crippen molar-refractivity contribution in [3.05, 3.63) is 34.9 Å². The van der Waals surface area contributed by atoms with E-state index in [1.807, 2.05) is 0 Å². The van der Waals surface area contributed by atoms with E-state index in [4.69, 9.17) is 5.11 Å². The van der Waals surface area contributed by atoms with Gasteiger partial charge in [-0.15, -0.1) is 0 Å². The lowest BCUT2D eigenvalue weighted by atomic mass is 10.0. The summed E-state index contributed by atoms with van der Waals surface area (Å²) in [7, 11) is 0. The number of hydrogen-bond acceptors (Lipinski definition) is 2. The van der Waals surface area contributed by atoms with Crippen LogP contribution in [-0.2, 0) is 4.79 Å². The second-order valence-electron chi connectivity index (χ2n) is 3.49. The lowest BCUT2D eigenvalue weighted by Crippen LogP contribution is -2.05. The van der Waals surface area contributed by atoms with Crippen molar-refractivity contribution in [2.45, 2.75) is 20.5 Å². The van der Waals surface area contributed by atoms with Crippen molar-refractivity contribution in [1.29, 1.82) is 0 Å². The molecule has 1 N–H and O–H groups in total. The van der Waals surface area contributed by atoms with Gasteiger partial charge in [0.15, 0.2) is 0 Å². The van der Waals surface area contributed by atoms with E-state index in [0.29, 0.717) is 16.7 Å². The first kappa shape index (κ1) is 13.2. The normalized spacial score (nSPS) is 11.1. The van der Waals surface area contributed by atoms with Crippen LogP contribution in [0.4, 0.5) is 8.78 Å². The Bertz CT molecular complexity index is 453. The summed E-state index contributed by atoms with van der Waals surface area (Å²) in [4.78, 5) is 10.4. The average molecular weight is 242 g/mol. The van der Waals surface area contributed by atoms with Crippen LogP contribution < -0.4 is 4.74 Å². The molecule has 0 aliphatic carbocycles. The number of aliphatic carboxylic acids is 1. The molecular weight excluding hydrogens is 230 g/mol. The highest BCUT2D eigenvalue weighted by Crippen LogP contribution is 2.29. The van der Waals surface area contributed by atoms with Crippen molar-refractivity contribution in [3.8, 4) is 5.75 Å². The standard InChI is InChI=1S/C12H12F2O3/c1-7-3-4-8(2)11(17-12(13)14)9(7)5-6-10(15)16/h3-6,12H,1-2H3,(H,15,16)/b6-5+. The molecule has 0 amide bonds. The predicted molar refractivity (Wildman–Crippen MR) is 59.2 cm³/mol. The van der Waals surface area contributed by atoms with Crippen LogP contribution in [0.1, 0.15) is 16.7 Å². The monoisotopic (exact) mass is 242 g/mol. The summed E-state index contributed by atoms with van der Waals surface area (Å²) >= 11 is 0. The number of aryl methyl sites for hydroxylation is 2. The third-order valence-electron chi connectivity index (χ3n) is 2.21. The Kier molecular flexibility index (Phi) is 4.20. The second kappa shape index (κ2) is 5.43. The summed E-state index contributed by atoms with van der Waals surface area (Å²) in [5.74, 6) is -1.13. The van der Waals surface area contributed by atoms with Crippen LogP contribution in [0.3, 0.4) is 0 Å². The number of rotatable bonds is 4. The summed E-state index contributed by atoms with van der Waals surface area (Å²) in [6, 6.07) is 3.36. The van der Waals surface area contributed by atoms with Crippen LogP contribution in [0, 0.1) is 13.8 Å². The molecule has 1 rings (SSSR count). The van der Waals surface area contributed by atoms with E-state index >= 15 is 0 Å². The van der Waals surface area contributed by atoms with Gasteiger partial charge in [0.05, 0.1) is 0 Å². The van der Waals surface area contributed by atoms with E-state index in [2.05, 4.69) is 4.74 Å². The molecule has 92 valence electrons. The molecule has 5 heteroatoms. The molecule has 0 atom stereocenters. The van der Waals surface area contributed by atoms with E-state index in [1.165, 1.54) is 6.08 Å². The van der Waals surface area contributed by atoms with Crippen LogP contribution in [-0.4, -0.2) is 17.7 Å². The molecule has 0 aliphatic heterocycles. The van der Waals surface area contributed by atoms with Gasteiger partial charge in [0.2, 0.25) is 0 Å². The average Bonchev–Trinajstić information content (AvgIpc) is 2.22. The fraction of sp³-hybridized carbons (Fsp3) is 0.250. The molecule has 0 bridgehead atoms. The van der Waals surface area contributed by atoms with Crippen LogP contribution in [0.2, 0.25) is 0 Å². The van der Waals surface area contributed by atoms with Gasteiger partial charge in [-0.1, -0.05) is 12.1 Å². The van der Waals surface area contributed by atoms with Crippen molar-refractivity contribution < 1.29 is 23.4 Å². The van der Waals surface area contributed by atoms with E-state index in [-0.39, 0.29) is 5.75 Å². The maximum absolute atomic E-state index is 12.2. The van der Waals surface area contributed by atoms with Crippen LogP contribution in [0.5, 0.6) is 5.75 Å². The van der Waals surface area contributed by atoms with Crippen molar-refractivity contribution in [1.82, 2.24) is 0 Å². The van der Waals surface area contributed by atoms with Crippen LogP contribution in [0.25, 0.3) is 6.08 Å². The zero-order valence-electron chi connectivity index (χ0n) is 9.41. The molecule has 0 aliphatic rings. The first-order valence-electron chi connectivity index (χ1n) is 4.88. The topological polar surface area (TPSA) is 46.5 Å². The molecule has 1 aromatic carbocycles. The molecule has 0 saturated carbocycles. The van der Waals surface area contributed by atoms with Crippen molar-refractivity contribution >= 4 is 12.0 Å². The Morgan fingerprint density at radius 3 is 2.47 bits per heavy atom. The molecule has 0 saturated heterocycles. The first-order valence-corrected chi connectivity index (χ1v) is 4.88. The number of carbonyl (C=O) groups is 1. The van der Waals surface area contributed by atoms with Crippen molar-refractivity contribution in [3.63, 3.8) is 0 Å². The van der Waals surface area contributed by atoms with E-state index in [1.54, 1.807) is 26.0 Å². The first-order chi connectivity index (χ1) is 7.91. The molecule has 0 unspecified atom stereocenters. The van der Waals surface area contributed by atoms with E-state index in [9.17, 15) is 13.6 Å². The smallest absolute Gasteiger partial charge is 0.387 e. The zero-order chi connectivity index (χ0) is 13.0. The Morgan fingerprint density at radius 1 is 1.35 bits per heavy atom. The minimum Gasteiger partial charge on any atom is -0.478 e. The molecule has 0 spiro atoms. The Labute approximate surface area is 97.3 Å². The lowest BCUT2D eigenvalue weighted by Gasteiger charge is -2.13. The third-order valence-corrected chi connectivity index (χ3v) is 2.21. The highest BCUT2D eigenvalue weighted by Gasteiger charge is 2.13. The Morgan fingerprint density at radius 2 is 1.94 bits per heavy atom. The largest absolute Gasteiger partial charge is 0.478 e. The van der Waals surface area contributed by atoms with Crippen LogP contribution in [0.15, 0.2) is 18.2 Å². The molecule has 3 nitrogen and oxygen atoms in total. The fourth-order valence-corrected chi connectivity index (χ4v) is 1.41. The van der Waals surface area contributed by atoms with Gasteiger partial charge in [-0.05, 0) is 31.1 Å². The van der Waals surface area contributed by atoms with Crippen molar-refractivity contribution in [2.75, 3.05) is 0 Å². The predicted octanol–water partition coefficient (Wildman–Crippen LogP) is 3.00. The van der Waals surface area contributed by atoms with E-state index < -0.39 is 12.6 Å². The lowest BCUT2D eigenvalue weighted by molar-refractivity contribution is -0.131. The SMILES string of the molecule is Cc1ccc(C)c(OC(F)F)c1/C=C/C(=O)O. The van der Waals surface area contributed by atoms with Gasteiger partial charge >= 0.3 is 12.6 Å². The quantitative estimate of drug-likeness (QED) is 0.825. The minimum absolute atomic E-state index is 0.0116. The summed E-state index contributed by atoms with van der Waals surface area (Å²) in [5.41, 5.74) is 1.55. The molecular formula is C12H12F2O3. The number of ether oxygens (including phenoxy) is 1. The maximum Gasteiger partial charge on any atom is 0.387 e. The number of carboxylic acid groups (broad SMARTS) is 1. The molecule has 0 heterocycles. The molecule has 1 aromatic rings. The number of carboxylic acids is 1. The molecule has 0 radical (unpaired) electrons. The zero-order valence-corrected chi connectivity index (χ0v) is 9.41. The Hall–Kier alpha value is -1.91. The molecule has 0 fully saturated rings. The summed E-state index contributed by atoms with van der Waals surface area (Å²) in [5, 5.41) is 8.53. The number of hydrogen-bond donors (Lipinski definition) is 1. The summed E-state index contributed by atoms with van der Waals surface area (Å²) < 4.78 is 28.9. The molecule has 17 heavy (non-hydrogen) atoms. The minimum atomic E-state index is -2.94. The van der Waals surface area contributed by atoms with Crippen LogP contribution >= 0.6 is 0 Å². The van der Waals surface area contributed by atoms with E-state index in [0.717, 1.165) is 6.08 Å². The van der Waals surface area contributed by atoms with Gasteiger partial charge in [-0.2, -0.15) is 8.78 Å². The van der Waals surface area contributed by atoms with Crippen molar-refractivity contribution in [2.24, 2.45) is 0 Å². The van der Waals surface area contributed by atoms with Gasteiger partial charge in [0, 0.05) is 11.6 Å². The van der Waals surface area contributed by atoms with Gasteiger partial charge < -0.3 is 9.84 Å². The van der Waals surface area contributed by atoms with Gasteiger partial charge in [-0.25, -0.2) is 4.79 Å². The highest BCUT2D eigenvalue weighted by atomic mass is 19.3. The molecule has 0 aromatic heterocycles. The maximum atomic E-state index is 12.2. The fourth-order valence-electron chi connectivity index (χ4n) is 1.41. The summed E-state index contributed by atoms with van der Waals surface area (Å²) in [6.45, 7) is 0.377.